The van der Waals surface area contributed by atoms with E-state index in [1.54, 1.807) is 0 Å². The first kappa shape index (κ1) is 17.7. The Hall–Kier alpha value is -1.10. The summed E-state index contributed by atoms with van der Waals surface area (Å²) in [5, 5.41) is 0.739. The number of benzene rings is 1. The predicted octanol–water partition coefficient (Wildman–Crippen LogP) is 2.99. The molecule has 0 unspecified atom stereocenters. The molecule has 0 aromatic heterocycles. The molecule has 2 saturated heterocycles. The van der Waals surface area contributed by atoms with E-state index in [9.17, 15) is 4.79 Å². The van der Waals surface area contributed by atoms with E-state index in [0.717, 1.165) is 69.2 Å². The van der Waals surface area contributed by atoms with Crippen molar-refractivity contribution < 1.29 is 9.53 Å². The van der Waals surface area contributed by atoms with Gasteiger partial charge < -0.3 is 9.64 Å². The SMILES string of the molecule is O=C(CCc1cccc(Cl)c1)N1CCCC[C@@H]1CN1CCOCC1. The summed E-state index contributed by atoms with van der Waals surface area (Å²) in [6.45, 7) is 5.50. The molecular formula is C19H27ClN2O2. The Morgan fingerprint density at radius 2 is 2.04 bits per heavy atom. The molecule has 1 atom stereocenters. The number of likely N-dealkylation sites (tertiary alicyclic amines) is 1. The van der Waals surface area contributed by atoms with Crippen molar-refractivity contribution in [3.8, 4) is 0 Å². The Bertz CT molecular complexity index is 546. The average Bonchev–Trinajstić information content (AvgIpc) is 2.61. The minimum Gasteiger partial charge on any atom is -0.379 e. The van der Waals surface area contributed by atoms with Gasteiger partial charge in [0.2, 0.25) is 5.91 Å². The van der Waals surface area contributed by atoms with Gasteiger partial charge in [-0.2, -0.15) is 0 Å². The molecule has 2 heterocycles. The van der Waals surface area contributed by atoms with Crippen LogP contribution >= 0.6 is 11.6 Å². The zero-order chi connectivity index (χ0) is 16.8. The van der Waals surface area contributed by atoms with Crippen molar-refractivity contribution in [2.45, 2.75) is 38.1 Å². The molecule has 2 fully saturated rings. The fraction of sp³-hybridized carbons (Fsp3) is 0.632. The summed E-state index contributed by atoms with van der Waals surface area (Å²) in [5.74, 6) is 0.285. The summed E-state index contributed by atoms with van der Waals surface area (Å²) in [4.78, 5) is 17.3. The third-order valence-corrected chi connectivity index (χ3v) is 5.27. The van der Waals surface area contributed by atoms with Crippen LogP contribution in [0.2, 0.25) is 5.02 Å². The number of carbonyl (C=O) groups excluding carboxylic acids is 1. The number of hydrogen-bond acceptors (Lipinski definition) is 3. The van der Waals surface area contributed by atoms with E-state index >= 15 is 0 Å². The smallest absolute Gasteiger partial charge is 0.223 e. The maximum Gasteiger partial charge on any atom is 0.223 e. The largest absolute Gasteiger partial charge is 0.379 e. The van der Waals surface area contributed by atoms with Gasteiger partial charge in [0.15, 0.2) is 0 Å². The van der Waals surface area contributed by atoms with E-state index in [-0.39, 0.29) is 5.91 Å². The van der Waals surface area contributed by atoms with Gasteiger partial charge in [-0.05, 0) is 43.4 Å². The molecule has 2 aliphatic heterocycles. The van der Waals surface area contributed by atoms with Crippen LogP contribution in [0, 0.1) is 0 Å². The number of halogens is 1. The molecule has 1 aromatic carbocycles. The molecule has 24 heavy (non-hydrogen) atoms. The number of rotatable bonds is 5. The first-order valence-electron chi connectivity index (χ1n) is 9.06. The van der Waals surface area contributed by atoms with Gasteiger partial charge in [-0.1, -0.05) is 23.7 Å². The minimum absolute atomic E-state index is 0.285. The Morgan fingerprint density at radius 3 is 2.83 bits per heavy atom. The van der Waals surface area contributed by atoms with Crippen LogP contribution in [0.5, 0.6) is 0 Å². The predicted molar refractivity (Wildman–Crippen MR) is 96.4 cm³/mol. The van der Waals surface area contributed by atoms with Crippen molar-refractivity contribution in [3.63, 3.8) is 0 Å². The van der Waals surface area contributed by atoms with Gasteiger partial charge in [0, 0.05) is 43.7 Å². The molecule has 0 bridgehead atoms. The van der Waals surface area contributed by atoms with Crippen LogP contribution in [0.15, 0.2) is 24.3 Å². The lowest BCUT2D eigenvalue weighted by Crippen LogP contribution is -2.51. The maximum absolute atomic E-state index is 12.8. The van der Waals surface area contributed by atoms with E-state index in [4.69, 9.17) is 16.3 Å². The number of morpholine rings is 1. The molecule has 1 aromatic rings. The summed E-state index contributed by atoms with van der Waals surface area (Å²) in [6.07, 6.45) is 4.82. The Balaban J connectivity index is 1.54. The molecular weight excluding hydrogens is 324 g/mol. The van der Waals surface area contributed by atoms with Gasteiger partial charge in [-0.25, -0.2) is 0 Å². The second kappa shape index (κ2) is 8.84. The molecule has 0 N–H and O–H groups in total. The van der Waals surface area contributed by atoms with Crippen molar-refractivity contribution in [2.75, 3.05) is 39.4 Å². The fourth-order valence-corrected chi connectivity index (χ4v) is 3.90. The van der Waals surface area contributed by atoms with Crippen LogP contribution in [0.3, 0.4) is 0 Å². The second-order valence-corrected chi connectivity index (χ2v) is 7.22. The molecule has 1 amide bonds. The van der Waals surface area contributed by atoms with E-state index < -0.39 is 0 Å². The van der Waals surface area contributed by atoms with Crippen LogP contribution in [0.4, 0.5) is 0 Å². The molecule has 5 heteroatoms. The van der Waals surface area contributed by atoms with Crippen LogP contribution < -0.4 is 0 Å². The minimum atomic E-state index is 0.285. The highest BCUT2D eigenvalue weighted by Gasteiger charge is 2.28. The maximum atomic E-state index is 12.8. The van der Waals surface area contributed by atoms with Crippen molar-refractivity contribution in [1.29, 1.82) is 0 Å². The standard InChI is InChI=1S/C19H27ClN2O2/c20-17-5-3-4-16(14-17)7-8-19(23)22-9-2-1-6-18(22)15-21-10-12-24-13-11-21/h3-5,14,18H,1-2,6-13,15H2/t18-/m1/s1. The number of carbonyl (C=O) groups is 1. The highest BCUT2D eigenvalue weighted by molar-refractivity contribution is 6.30. The summed E-state index contributed by atoms with van der Waals surface area (Å²) in [7, 11) is 0. The Morgan fingerprint density at radius 1 is 1.21 bits per heavy atom. The van der Waals surface area contributed by atoms with Crippen molar-refractivity contribution >= 4 is 17.5 Å². The van der Waals surface area contributed by atoms with Crippen molar-refractivity contribution in [3.05, 3.63) is 34.9 Å². The summed E-state index contributed by atoms with van der Waals surface area (Å²) in [5.41, 5.74) is 1.14. The van der Waals surface area contributed by atoms with Gasteiger partial charge in [0.05, 0.1) is 13.2 Å². The molecule has 0 radical (unpaired) electrons. The topological polar surface area (TPSA) is 32.8 Å². The number of hydrogen-bond donors (Lipinski definition) is 0. The lowest BCUT2D eigenvalue weighted by molar-refractivity contribution is -0.135. The Labute approximate surface area is 149 Å². The molecule has 132 valence electrons. The monoisotopic (exact) mass is 350 g/mol. The van der Waals surface area contributed by atoms with Gasteiger partial charge >= 0.3 is 0 Å². The van der Waals surface area contributed by atoms with Gasteiger partial charge in [0.1, 0.15) is 0 Å². The van der Waals surface area contributed by atoms with E-state index in [0.29, 0.717) is 12.5 Å². The molecule has 0 saturated carbocycles. The third kappa shape index (κ3) is 4.95. The average molecular weight is 351 g/mol. The van der Waals surface area contributed by atoms with Crippen LogP contribution in [-0.2, 0) is 16.0 Å². The molecule has 0 spiro atoms. The number of ether oxygens (including phenoxy) is 1. The number of piperidine rings is 1. The number of nitrogens with zero attached hydrogens (tertiary/aromatic N) is 2. The molecule has 2 aliphatic rings. The van der Waals surface area contributed by atoms with Gasteiger partial charge in [0.25, 0.3) is 0 Å². The zero-order valence-corrected chi connectivity index (χ0v) is 15.0. The van der Waals surface area contributed by atoms with Crippen LogP contribution in [-0.4, -0.2) is 61.1 Å². The van der Waals surface area contributed by atoms with Crippen molar-refractivity contribution in [1.82, 2.24) is 9.80 Å². The van der Waals surface area contributed by atoms with Gasteiger partial charge in [-0.3, -0.25) is 9.69 Å². The zero-order valence-electron chi connectivity index (χ0n) is 14.3. The number of aryl methyl sites for hydroxylation is 1. The van der Waals surface area contributed by atoms with Crippen molar-refractivity contribution in [2.24, 2.45) is 0 Å². The lowest BCUT2D eigenvalue weighted by atomic mass is 10.00. The summed E-state index contributed by atoms with van der Waals surface area (Å²) in [6, 6.07) is 8.18. The fourth-order valence-electron chi connectivity index (χ4n) is 3.69. The summed E-state index contributed by atoms with van der Waals surface area (Å²) >= 11 is 6.03. The quantitative estimate of drug-likeness (QED) is 0.818. The first-order valence-corrected chi connectivity index (χ1v) is 9.44. The normalized spacial score (nSPS) is 22.5. The van der Waals surface area contributed by atoms with Gasteiger partial charge in [-0.15, -0.1) is 0 Å². The lowest BCUT2D eigenvalue weighted by Gasteiger charge is -2.39. The third-order valence-electron chi connectivity index (χ3n) is 5.04. The molecule has 4 nitrogen and oxygen atoms in total. The number of amides is 1. The van der Waals surface area contributed by atoms with E-state index in [2.05, 4.69) is 9.80 Å². The van der Waals surface area contributed by atoms with E-state index in [1.165, 1.54) is 6.42 Å². The van der Waals surface area contributed by atoms with Crippen LogP contribution in [0.25, 0.3) is 0 Å². The molecule has 0 aliphatic carbocycles. The highest BCUT2D eigenvalue weighted by atomic mass is 35.5. The Kier molecular flexibility index (Phi) is 6.52. The molecule has 3 rings (SSSR count). The first-order chi connectivity index (χ1) is 11.7. The summed E-state index contributed by atoms with van der Waals surface area (Å²) < 4.78 is 5.43. The second-order valence-electron chi connectivity index (χ2n) is 6.78. The highest BCUT2D eigenvalue weighted by Crippen LogP contribution is 2.20. The van der Waals surface area contributed by atoms with Crippen LogP contribution in [0.1, 0.15) is 31.2 Å². The van der Waals surface area contributed by atoms with E-state index in [1.807, 2.05) is 24.3 Å².